The Morgan fingerprint density at radius 3 is 2.46 bits per heavy atom. The van der Waals surface area contributed by atoms with E-state index in [4.69, 9.17) is 0 Å². The fourth-order valence-electron chi connectivity index (χ4n) is 2.52. The second-order valence-electron chi connectivity index (χ2n) is 6.23. The molecule has 3 amide bonds. The number of aliphatic hydroxyl groups excluding tert-OH is 1. The third-order valence-corrected chi connectivity index (χ3v) is 4.00. The molecule has 0 radical (unpaired) electrons. The first kappa shape index (κ1) is 19.5. The average molecular weight is 355 g/mol. The number of carbonyl (C=O) groups excluding carboxylic acids is 2. The van der Waals surface area contributed by atoms with Gasteiger partial charge in [0.05, 0.1) is 12.6 Å². The predicted molar refractivity (Wildman–Crippen MR) is 102 cm³/mol. The van der Waals surface area contributed by atoms with Crippen LogP contribution in [-0.2, 0) is 11.2 Å². The number of nitrogens with one attached hydrogen (secondary N) is 2. The molecule has 0 aromatic heterocycles. The summed E-state index contributed by atoms with van der Waals surface area (Å²) in [6.07, 6.45) is 1.03. The first-order valence-corrected chi connectivity index (χ1v) is 8.52. The number of aliphatic hydroxyl groups is 1. The Morgan fingerprint density at radius 1 is 1.08 bits per heavy atom. The molecule has 0 unspecified atom stereocenters. The minimum Gasteiger partial charge on any atom is -0.394 e. The monoisotopic (exact) mass is 355 g/mol. The minimum atomic E-state index is -0.475. The maximum atomic E-state index is 12.2. The van der Waals surface area contributed by atoms with Crippen LogP contribution in [0.3, 0.4) is 0 Å². The molecule has 0 spiro atoms. The SMILES string of the molecule is CN(C)C(=O)CCc1cccc(NC(=O)N[C@H](CO)c2ccccc2)c1. The molecule has 138 valence electrons. The van der Waals surface area contributed by atoms with Gasteiger partial charge in [0.2, 0.25) is 5.91 Å². The molecule has 0 fully saturated rings. The van der Waals surface area contributed by atoms with Crippen LogP contribution in [-0.4, -0.2) is 42.6 Å². The lowest BCUT2D eigenvalue weighted by molar-refractivity contribution is -0.128. The normalized spacial score (nSPS) is 11.5. The van der Waals surface area contributed by atoms with Gasteiger partial charge in [0, 0.05) is 26.2 Å². The topological polar surface area (TPSA) is 81.7 Å². The third-order valence-electron chi connectivity index (χ3n) is 4.00. The number of hydrogen-bond acceptors (Lipinski definition) is 3. The summed E-state index contributed by atoms with van der Waals surface area (Å²) in [5, 5.41) is 15.1. The van der Waals surface area contributed by atoms with Crippen molar-refractivity contribution in [3.8, 4) is 0 Å². The number of rotatable bonds is 7. The van der Waals surface area contributed by atoms with E-state index < -0.39 is 12.1 Å². The third kappa shape index (κ3) is 5.89. The number of urea groups is 1. The van der Waals surface area contributed by atoms with Crippen LogP contribution in [0.2, 0.25) is 0 Å². The van der Waals surface area contributed by atoms with Crippen molar-refractivity contribution >= 4 is 17.6 Å². The first-order chi connectivity index (χ1) is 12.5. The van der Waals surface area contributed by atoms with Crippen molar-refractivity contribution < 1.29 is 14.7 Å². The fourth-order valence-corrected chi connectivity index (χ4v) is 2.52. The lowest BCUT2D eigenvalue weighted by Gasteiger charge is -2.17. The van der Waals surface area contributed by atoms with Crippen molar-refractivity contribution in [1.82, 2.24) is 10.2 Å². The standard InChI is InChI=1S/C20H25N3O3/c1-23(2)19(25)12-11-15-7-6-10-17(13-15)21-20(26)22-18(14-24)16-8-4-3-5-9-16/h3-10,13,18,24H,11-12,14H2,1-2H3,(H2,21,22,26)/t18-/m1/s1. The van der Waals surface area contributed by atoms with E-state index in [1.54, 1.807) is 25.1 Å². The van der Waals surface area contributed by atoms with Crippen molar-refractivity contribution in [1.29, 1.82) is 0 Å². The molecule has 0 aliphatic carbocycles. The molecule has 6 heteroatoms. The highest BCUT2D eigenvalue weighted by Gasteiger charge is 2.13. The van der Waals surface area contributed by atoms with E-state index in [1.807, 2.05) is 48.5 Å². The van der Waals surface area contributed by atoms with Crippen molar-refractivity contribution in [3.63, 3.8) is 0 Å². The summed E-state index contributed by atoms with van der Waals surface area (Å²) in [6, 6.07) is 15.8. The Morgan fingerprint density at radius 2 is 1.81 bits per heavy atom. The summed E-state index contributed by atoms with van der Waals surface area (Å²) in [5.41, 5.74) is 2.45. The highest BCUT2D eigenvalue weighted by molar-refractivity contribution is 5.89. The van der Waals surface area contributed by atoms with Gasteiger partial charge in [0.25, 0.3) is 0 Å². The van der Waals surface area contributed by atoms with Gasteiger partial charge >= 0.3 is 6.03 Å². The maximum absolute atomic E-state index is 12.2. The van der Waals surface area contributed by atoms with E-state index in [0.717, 1.165) is 11.1 Å². The van der Waals surface area contributed by atoms with Gasteiger partial charge < -0.3 is 20.6 Å². The van der Waals surface area contributed by atoms with Gasteiger partial charge in [-0.3, -0.25) is 4.79 Å². The summed E-state index contributed by atoms with van der Waals surface area (Å²) in [4.78, 5) is 25.5. The number of anilines is 1. The zero-order valence-electron chi connectivity index (χ0n) is 15.1. The Labute approximate surface area is 153 Å². The van der Waals surface area contributed by atoms with Crippen LogP contribution in [0.4, 0.5) is 10.5 Å². The van der Waals surface area contributed by atoms with Gasteiger partial charge in [-0.25, -0.2) is 4.79 Å². The van der Waals surface area contributed by atoms with E-state index in [0.29, 0.717) is 18.5 Å². The smallest absolute Gasteiger partial charge is 0.319 e. The van der Waals surface area contributed by atoms with E-state index in [9.17, 15) is 14.7 Å². The van der Waals surface area contributed by atoms with Crippen molar-refractivity contribution in [2.24, 2.45) is 0 Å². The molecule has 0 heterocycles. The molecule has 0 saturated heterocycles. The summed E-state index contributed by atoms with van der Waals surface area (Å²) in [7, 11) is 3.46. The number of amides is 3. The second kappa shape index (κ2) is 9.58. The van der Waals surface area contributed by atoms with Crippen LogP contribution in [0.25, 0.3) is 0 Å². The zero-order chi connectivity index (χ0) is 18.9. The summed E-state index contributed by atoms with van der Waals surface area (Å²) >= 11 is 0. The number of carbonyl (C=O) groups is 2. The molecule has 6 nitrogen and oxygen atoms in total. The van der Waals surface area contributed by atoms with E-state index >= 15 is 0 Å². The van der Waals surface area contributed by atoms with E-state index in [2.05, 4.69) is 10.6 Å². The molecule has 26 heavy (non-hydrogen) atoms. The van der Waals surface area contributed by atoms with Gasteiger partial charge in [-0.2, -0.15) is 0 Å². The van der Waals surface area contributed by atoms with Crippen molar-refractivity contribution in [3.05, 3.63) is 65.7 Å². The average Bonchev–Trinajstić information content (AvgIpc) is 2.65. The Bertz CT molecular complexity index is 732. The molecule has 2 aromatic rings. The molecule has 0 saturated carbocycles. The summed E-state index contributed by atoms with van der Waals surface area (Å²) in [5.74, 6) is 0.0646. The molecule has 0 aliphatic heterocycles. The molecule has 3 N–H and O–H groups in total. The minimum absolute atomic E-state index is 0.0646. The summed E-state index contributed by atoms with van der Waals surface area (Å²) in [6.45, 7) is -0.190. The quantitative estimate of drug-likeness (QED) is 0.714. The number of benzene rings is 2. The van der Waals surface area contributed by atoms with E-state index in [-0.39, 0.29) is 12.5 Å². The second-order valence-corrected chi connectivity index (χ2v) is 6.23. The van der Waals surface area contributed by atoms with Gasteiger partial charge in [0.1, 0.15) is 0 Å². The van der Waals surface area contributed by atoms with Gasteiger partial charge in [0.15, 0.2) is 0 Å². The van der Waals surface area contributed by atoms with Crippen LogP contribution in [0.1, 0.15) is 23.6 Å². The summed E-state index contributed by atoms with van der Waals surface area (Å²) < 4.78 is 0. The van der Waals surface area contributed by atoms with Crippen LogP contribution >= 0.6 is 0 Å². The van der Waals surface area contributed by atoms with E-state index in [1.165, 1.54) is 0 Å². The molecular formula is C20H25N3O3. The number of hydrogen-bond donors (Lipinski definition) is 3. The zero-order valence-corrected chi connectivity index (χ0v) is 15.1. The van der Waals surface area contributed by atoms with Crippen LogP contribution in [0.15, 0.2) is 54.6 Å². The highest BCUT2D eigenvalue weighted by Crippen LogP contribution is 2.15. The lowest BCUT2D eigenvalue weighted by atomic mass is 10.1. The Hall–Kier alpha value is -2.86. The number of nitrogens with zero attached hydrogens (tertiary/aromatic N) is 1. The van der Waals surface area contributed by atoms with Crippen LogP contribution < -0.4 is 10.6 Å². The van der Waals surface area contributed by atoms with Gasteiger partial charge in [-0.15, -0.1) is 0 Å². The van der Waals surface area contributed by atoms with Crippen LogP contribution in [0.5, 0.6) is 0 Å². The lowest BCUT2D eigenvalue weighted by Crippen LogP contribution is -2.34. The molecule has 0 bridgehead atoms. The Balaban J connectivity index is 1.94. The van der Waals surface area contributed by atoms with Gasteiger partial charge in [-0.05, 0) is 29.7 Å². The van der Waals surface area contributed by atoms with Gasteiger partial charge in [-0.1, -0.05) is 42.5 Å². The van der Waals surface area contributed by atoms with Crippen molar-refractivity contribution in [2.75, 3.05) is 26.0 Å². The largest absolute Gasteiger partial charge is 0.394 e. The first-order valence-electron chi connectivity index (χ1n) is 8.52. The van der Waals surface area contributed by atoms with Crippen molar-refractivity contribution in [2.45, 2.75) is 18.9 Å². The molecular weight excluding hydrogens is 330 g/mol. The Kier molecular flexibility index (Phi) is 7.17. The fraction of sp³-hybridized carbons (Fsp3) is 0.300. The molecule has 2 aromatic carbocycles. The molecule has 0 aliphatic rings. The molecule has 1 atom stereocenters. The predicted octanol–water partition coefficient (Wildman–Crippen LogP) is 2.56. The number of aryl methyl sites for hydroxylation is 1. The van der Waals surface area contributed by atoms with Crippen LogP contribution in [0, 0.1) is 0 Å². The maximum Gasteiger partial charge on any atom is 0.319 e. The molecule has 2 rings (SSSR count). The highest BCUT2D eigenvalue weighted by atomic mass is 16.3.